The van der Waals surface area contributed by atoms with E-state index in [0.29, 0.717) is 27.6 Å². The van der Waals surface area contributed by atoms with Gasteiger partial charge in [-0.25, -0.2) is 4.98 Å². The third-order valence-electron chi connectivity index (χ3n) is 5.17. The number of hydrogen-bond donors (Lipinski definition) is 1. The number of rotatable bonds is 5. The van der Waals surface area contributed by atoms with Crippen LogP contribution in [-0.2, 0) is 11.3 Å². The van der Waals surface area contributed by atoms with Gasteiger partial charge < -0.3 is 10.2 Å². The summed E-state index contributed by atoms with van der Waals surface area (Å²) in [6, 6.07) is 14.3. The number of benzene rings is 2. The Bertz CT molecular complexity index is 1070. The Kier molecular flexibility index (Phi) is 5.81. The number of carbonyl (C=O) groups excluding carboxylic acids is 1. The van der Waals surface area contributed by atoms with E-state index in [9.17, 15) is 9.59 Å². The average Bonchev–Trinajstić information content (AvgIpc) is 2.75. The molecule has 1 fully saturated rings. The summed E-state index contributed by atoms with van der Waals surface area (Å²) < 4.78 is 1.65. The first-order chi connectivity index (χ1) is 14.1. The fourth-order valence-electron chi connectivity index (χ4n) is 3.66. The second-order valence-corrected chi connectivity index (χ2v) is 7.67. The molecular formula is C22H23ClN4O2. The van der Waals surface area contributed by atoms with Crippen LogP contribution in [0.1, 0.15) is 25.7 Å². The van der Waals surface area contributed by atoms with Crippen LogP contribution in [0, 0.1) is 0 Å². The fraction of sp³-hybridized carbons (Fsp3) is 0.318. The highest BCUT2D eigenvalue weighted by Crippen LogP contribution is 2.20. The number of piperidine rings is 1. The van der Waals surface area contributed by atoms with E-state index in [-0.39, 0.29) is 24.4 Å². The molecule has 1 amide bonds. The van der Waals surface area contributed by atoms with Crippen molar-refractivity contribution in [3.05, 3.63) is 63.9 Å². The van der Waals surface area contributed by atoms with Gasteiger partial charge in [0, 0.05) is 36.8 Å². The summed E-state index contributed by atoms with van der Waals surface area (Å²) in [4.78, 5) is 32.5. The minimum Gasteiger partial charge on any atom is -0.342 e. The standard InChI is InChI=1S/C22H23ClN4O2/c23-16-8-10-17(11-9-16)24-20(28)12-15-27-21(29)18-6-2-3-7-19(18)25-22(27)26-13-4-1-5-14-26/h2-3,6-11H,1,4-5,12-15H2,(H,24,28). The lowest BCUT2D eigenvalue weighted by atomic mass is 10.1. The average molecular weight is 411 g/mol. The number of anilines is 2. The van der Waals surface area contributed by atoms with Crippen molar-refractivity contribution in [3.8, 4) is 0 Å². The van der Waals surface area contributed by atoms with E-state index in [1.807, 2.05) is 18.2 Å². The molecule has 7 heteroatoms. The van der Waals surface area contributed by atoms with Gasteiger partial charge >= 0.3 is 0 Å². The Hall–Kier alpha value is -2.86. The number of amides is 1. The highest BCUT2D eigenvalue weighted by atomic mass is 35.5. The summed E-state index contributed by atoms with van der Waals surface area (Å²) >= 11 is 5.88. The molecule has 1 saturated heterocycles. The van der Waals surface area contributed by atoms with Crippen LogP contribution in [0.5, 0.6) is 0 Å². The molecule has 0 saturated carbocycles. The zero-order valence-corrected chi connectivity index (χ0v) is 16.9. The minimum atomic E-state index is -0.156. The number of carbonyl (C=O) groups is 1. The van der Waals surface area contributed by atoms with E-state index in [1.165, 1.54) is 6.42 Å². The maximum atomic E-state index is 13.2. The Morgan fingerprint density at radius 1 is 1.03 bits per heavy atom. The van der Waals surface area contributed by atoms with Gasteiger partial charge in [0.15, 0.2) is 0 Å². The highest BCUT2D eigenvalue weighted by Gasteiger charge is 2.19. The smallest absolute Gasteiger partial charge is 0.262 e. The van der Waals surface area contributed by atoms with Crippen molar-refractivity contribution in [1.29, 1.82) is 0 Å². The first-order valence-corrected chi connectivity index (χ1v) is 10.3. The predicted octanol–water partition coefficient (Wildman–Crippen LogP) is 4.07. The summed E-state index contributed by atoms with van der Waals surface area (Å²) in [5.41, 5.74) is 1.27. The molecule has 2 aromatic carbocycles. The summed E-state index contributed by atoms with van der Waals surface area (Å²) in [6.45, 7) is 2.03. The van der Waals surface area contributed by atoms with Crippen LogP contribution < -0.4 is 15.8 Å². The lowest BCUT2D eigenvalue weighted by Gasteiger charge is -2.29. The number of aromatic nitrogens is 2. The van der Waals surface area contributed by atoms with Crippen LogP contribution in [0.15, 0.2) is 53.3 Å². The molecule has 150 valence electrons. The van der Waals surface area contributed by atoms with Crippen molar-refractivity contribution in [2.24, 2.45) is 0 Å². The van der Waals surface area contributed by atoms with Crippen molar-refractivity contribution in [2.45, 2.75) is 32.2 Å². The first-order valence-electron chi connectivity index (χ1n) is 9.92. The number of nitrogens with one attached hydrogen (secondary N) is 1. The van der Waals surface area contributed by atoms with Gasteiger partial charge in [-0.15, -0.1) is 0 Å². The molecule has 0 unspecified atom stereocenters. The molecule has 4 rings (SSSR count). The van der Waals surface area contributed by atoms with E-state index in [1.54, 1.807) is 34.9 Å². The summed E-state index contributed by atoms with van der Waals surface area (Å²) in [5, 5.41) is 4.04. The lowest BCUT2D eigenvalue weighted by molar-refractivity contribution is -0.116. The number of nitrogens with zero attached hydrogens (tertiary/aromatic N) is 3. The number of hydrogen-bond acceptors (Lipinski definition) is 4. The van der Waals surface area contributed by atoms with Crippen molar-refractivity contribution in [2.75, 3.05) is 23.3 Å². The third kappa shape index (κ3) is 4.43. The predicted molar refractivity (Wildman–Crippen MR) is 117 cm³/mol. The summed E-state index contributed by atoms with van der Waals surface area (Å²) in [5.74, 6) is 0.504. The normalized spacial score (nSPS) is 14.2. The molecule has 0 aliphatic carbocycles. The van der Waals surface area contributed by atoms with Gasteiger partial charge in [-0.1, -0.05) is 23.7 Å². The number of para-hydroxylation sites is 1. The zero-order chi connectivity index (χ0) is 20.2. The molecule has 2 heterocycles. The minimum absolute atomic E-state index is 0.101. The van der Waals surface area contributed by atoms with Crippen LogP contribution in [0.25, 0.3) is 10.9 Å². The molecule has 29 heavy (non-hydrogen) atoms. The van der Waals surface area contributed by atoms with Crippen LogP contribution in [0.3, 0.4) is 0 Å². The number of halogens is 1. The van der Waals surface area contributed by atoms with Crippen LogP contribution in [0.4, 0.5) is 11.6 Å². The van der Waals surface area contributed by atoms with Crippen molar-refractivity contribution < 1.29 is 4.79 Å². The molecule has 6 nitrogen and oxygen atoms in total. The Morgan fingerprint density at radius 3 is 2.52 bits per heavy atom. The third-order valence-corrected chi connectivity index (χ3v) is 5.42. The topological polar surface area (TPSA) is 67.2 Å². The fourth-order valence-corrected chi connectivity index (χ4v) is 3.79. The Morgan fingerprint density at radius 2 is 1.76 bits per heavy atom. The monoisotopic (exact) mass is 410 g/mol. The highest BCUT2D eigenvalue weighted by molar-refractivity contribution is 6.30. The molecule has 0 spiro atoms. The quantitative estimate of drug-likeness (QED) is 0.688. The van der Waals surface area contributed by atoms with Gasteiger partial charge in [0.25, 0.3) is 5.56 Å². The molecule has 0 bridgehead atoms. The SMILES string of the molecule is O=C(CCn1c(N2CCCCC2)nc2ccccc2c1=O)Nc1ccc(Cl)cc1. The largest absolute Gasteiger partial charge is 0.342 e. The van der Waals surface area contributed by atoms with Crippen LogP contribution in [0.2, 0.25) is 5.02 Å². The maximum absolute atomic E-state index is 13.2. The van der Waals surface area contributed by atoms with Gasteiger partial charge in [-0.2, -0.15) is 0 Å². The van der Waals surface area contributed by atoms with Gasteiger partial charge in [0.2, 0.25) is 11.9 Å². The molecule has 3 aromatic rings. The van der Waals surface area contributed by atoms with E-state index >= 15 is 0 Å². The molecule has 1 aromatic heterocycles. The van der Waals surface area contributed by atoms with Crippen LogP contribution in [-0.4, -0.2) is 28.5 Å². The first kappa shape index (κ1) is 19.5. The summed E-state index contributed by atoms with van der Waals surface area (Å²) in [6.07, 6.45) is 3.54. The Balaban J connectivity index is 1.59. The van der Waals surface area contributed by atoms with Gasteiger partial charge in [-0.05, 0) is 55.7 Å². The number of fused-ring (bicyclic) bond motifs is 1. The molecule has 1 N–H and O–H groups in total. The summed E-state index contributed by atoms with van der Waals surface area (Å²) in [7, 11) is 0. The Labute approximate surface area is 174 Å². The molecule has 0 atom stereocenters. The molecule has 1 aliphatic rings. The second kappa shape index (κ2) is 8.66. The lowest BCUT2D eigenvalue weighted by Crippen LogP contribution is -2.37. The van der Waals surface area contributed by atoms with E-state index in [0.717, 1.165) is 25.9 Å². The van der Waals surface area contributed by atoms with Crippen molar-refractivity contribution in [3.63, 3.8) is 0 Å². The maximum Gasteiger partial charge on any atom is 0.262 e. The molecule has 0 radical (unpaired) electrons. The van der Waals surface area contributed by atoms with Gasteiger partial charge in [0.1, 0.15) is 0 Å². The van der Waals surface area contributed by atoms with Crippen molar-refractivity contribution in [1.82, 2.24) is 9.55 Å². The molecular weight excluding hydrogens is 388 g/mol. The zero-order valence-electron chi connectivity index (χ0n) is 16.1. The van der Waals surface area contributed by atoms with Crippen LogP contribution >= 0.6 is 11.6 Å². The van der Waals surface area contributed by atoms with E-state index in [4.69, 9.17) is 16.6 Å². The van der Waals surface area contributed by atoms with Crippen molar-refractivity contribution >= 4 is 40.0 Å². The molecule has 1 aliphatic heterocycles. The van der Waals surface area contributed by atoms with Gasteiger partial charge in [0.05, 0.1) is 10.9 Å². The van der Waals surface area contributed by atoms with E-state index in [2.05, 4.69) is 10.2 Å². The second-order valence-electron chi connectivity index (χ2n) is 7.24. The van der Waals surface area contributed by atoms with E-state index < -0.39 is 0 Å². The van der Waals surface area contributed by atoms with Gasteiger partial charge in [-0.3, -0.25) is 14.2 Å².